The minimum atomic E-state index is -0.492. The molecule has 2 rings (SSSR count). The summed E-state index contributed by atoms with van der Waals surface area (Å²) in [7, 11) is 0. The molecule has 0 atom stereocenters. The number of rotatable bonds is 6. The molecule has 2 amide bonds. The quantitative estimate of drug-likeness (QED) is 0.363. The van der Waals surface area contributed by atoms with Gasteiger partial charge in [-0.1, -0.05) is 60.7 Å². The van der Waals surface area contributed by atoms with Crippen LogP contribution in [0.15, 0.2) is 83.6 Å². The maximum absolute atomic E-state index is 12.3. The number of carbonyl (C=O) groups is 2. The van der Waals surface area contributed by atoms with Crippen LogP contribution in [0.3, 0.4) is 0 Å². The monoisotopic (exact) mass is 347 g/mol. The number of amides is 2. The second-order valence-corrected chi connectivity index (χ2v) is 5.67. The maximum Gasteiger partial charge on any atom is 0.287 e. The Labute approximate surface area is 153 Å². The Balaban J connectivity index is 2.19. The van der Waals surface area contributed by atoms with Crippen LogP contribution in [0.2, 0.25) is 0 Å². The van der Waals surface area contributed by atoms with Gasteiger partial charge >= 0.3 is 0 Å². The number of allylic oxidation sites excluding steroid dienone is 2. The summed E-state index contributed by atoms with van der Waals surface area (Å²) in [6.07, 6.45) is 5.10. The lowest BCUT2D eigenvalue weighted by Gasteiger charge is -2.08. The Hall–Kier alpha value is -3.47. The summed E-state index contributed by atoms with van der Waals surface area (Å²) in [5.74, 6) is -0.856. The Kier molecular flexibility index (Phi) is 7.06. The molecule has 0 aliphatic carbocycles. The van der Waals surface area contributed by atoms with Gasteiger partial charge in [0, 0.05) is 11.3 Å². The molecule has 2 aromatic carbocycles. The normalized spacial score (nSPS) is 11.1. The molecule has 0 spiro atoms. The van der Waals surface area contributed by atoms with Gasteiger partial charge in [0.15, 0.2) is 0 Å². The van der Waals surface area contributed by atoms with Gasteiger partial charge < -0.3 is 5.32 Å². The standard InChI is InChI=1S/C21H21N3O2/c1-16(2)23-24-21(26)19(15-9-12-17-10-5-3-6-11-17)22-20(25)18-13-7-4-8-14-18/h3-15H,1-2H3,(H,22,25)(H,24,26)/b12-9+,19-15-. The first-order chi connectivity index (χ1) is 12.6. The SMILES string of the molecule is CC(C)=NNC(=O)/C(=C/C=C/c1ccccc1)NC(=O)c1ccccc1. The van der Waals surface area contributed by atoms with Gasteiger partial charge in [-0.25, -0.2) is 5.43 Å². The third-order valence-corrected chi connectivity index (χ3v) is 3.26. The summed E-state index contributed by atoms with van der Waals surface area (Å²) in [6, 6.07) is 18.4. The highest BCUT2D eigenvalue weighted by Gasteiger charge is 2.13. The minimum absolute atomic E-state index is 0.107. The maximum atomic E-state index is 12.3. The summed E-state index contributed by atoms with van der Waals surface area (Å²) in [5.41, 5.74) is 4.68. The average Bonchev–Trinajstić information content (AvgIpc) is 2.66. The molecular weight excluding hydrogens is 326 g/mol. The van der Waals surface area contributed by atoms with Crippen molar-refractivity contribution >= 4 is 23.6 Å². The van der Waals surface area contributed by atoms with E-state index >= 15 is 0 Å². The third-order valence-electron chi connectivity index (χ3n) is 3.26. The summed E-state index contributed by atoms with van der Waals surface area (Å²) < 4.78 is 0. The first-order valence-electron chi connectivity index (χ1n) is 8.17. The molecule has 0 unspecified atom stereocenters. The number of hydrogen-bond donors (Lipinski definition) is 2. The molecule has 0 aliphatic rings. The van der Waals surface area contributed by atoms with Crippen LogP contribution in [0.25, 0.3) is 6.08 Å². The van der Waals surface area contributed by atoms with Crippen LogP contribution in [-0.4, -0.2) is 17.5 Å². The molecule has 5 heteroatoms. The van der Waals surface area contributed by atoms with Crippen molar-refractivity contribution in [3.63, 3.8) is 0 Å². The zero-order valence-electron chi connectivity index (χ0n) is 14.8. The smallest absolute Gasteiger partial charge is 0.287 e. The Morgan fingerprint density at radius 3 is 2.15 bits per heavy atom. The van der Waals surface area contributed by atoms with Gasteiger partial charge in [-0.3, -0.25) is 9.59 Å². The first kappa shape index (κ1) is 18.9. The fraction of sp³-hybridized carbons (Fsp3) is 0.0952. The van der Waals surface area contributed by atoms with E-state index in [9.17, 15) is 9.59 Å². The van der Waals surface area contributed by atoms with Crippen LogP contribution in [0.1, 0.15) is 29.8 Å². The molecule has 0 aromatic heterocycles. The van der Waals surface area contributed by atoms with Crippen LogP contribution < -0.4 is 10.7 Å². The summed E-state index contributed by atoms with van der Waals surface area (Å²) >= 11 is 0. The number of benzene rings is 2. The van der Waals surface area contributed by atoms with Crippen molar-refractivity contribution in [3.8, 4) is 0 Å². The lowest BCUT2D eigenvalue weighted by molar-refractivity contribution is -0.117. The number of hydrazone groups is 1. The highest BCUT2D eigenvalue weighted by atomic mass is 16.2. The molecule has 0 saturated carbocycles. The van der Waals surface area contributed by atoms with Gasteiger partial charge in [-0.05, 0) is 37.6 Å². The molecule has 2 N–H and O–H groups in total. The second-order valence-electron chi connectivity index (χ2n) is 5.67. The molecule has 0 aliphatic heterocycles. The average molecular weight is 347 g/mol. The Morgan fingerprint density at radius 1 is 0.923 bits per heavy atom. The molecule has 0 radical (unpaired) electrons. The van der Waals surface area contributed by atoms with Crippen LogP contribution in [0.5, 0.6) is 0 Å². The van der Waals surface area contributed by atoms with E-state index in [1.165, 1.54) is 0 Å². The zero-order chi connectivity index (χ0) is 18.8. The molecule has 0 saturated heterocycles. The summed E-state index contributed by atoms with van der Waals surface area (Å²) in [5, 5.41) is 6.53. The largest absolute Gasteiger partial charge is 0.317 e. The molecular formula is C21H21N3O2. The topological polar surface area (TPSA) is 70.6 Å². The summed E-state index contributed by atoms with van der Waals surface area (Å²) in [4.78, 5) is 24.7. The number of hydrogen-bond acceptors (Lipinski definition) is 3. The predicted molar refractivity (Wildman–Crippen MR) is 104 cm³/mol. The number of carbonyl (C=O) groups excluding carboxylic acids is 2. The van der Waals surface area contributed by atoms with E-state index in [2.05, 4.69) is 15.8 Å². The lowest BCUT2D eigenvalue weighted by atomic mass is 10.2. The minimum Gasteiger partial charge on any atom is -0.317 e. The van der Waals surface area contributed by atoms with Crippen molar-refractivity contribution in [1.82, 2.24) is 10.7 Å². The fourth-order valence-electron chi connectivity index (χ4n) is 2.00. The molecule has 132 valence electrons. The van der Waals surface area contributed by atoms with Crippen molar-refractivity contribution in [3.05, 3.63) is 89.6 Å². The lowest BCUT2D eigenvalue weighted by Crippen LogP contribution is -2.33. The molecule has 0 heterocycles. The van der Waals surface area contributed by atoms with E-state index in [1.54, 1.807) is 50.3 Å². The van der Waals surface area contributed by atoms with Gasteiger partial charge in [0.25, 0.3) is 11.8 Å². The summed E-state index contributed by atoms with van der Waals surface area (Å²) in [6.45, 7) is 3.53. The van der Waals surface area contributed by atoms with Crippen molar-refractivity contribution in [2.24, 2.45) is 5.10 Å². The Morgan fingerprint density at radius 2 is 1.54 bits per heavy atom. The van der Waals surface area contributed by atoms with Gasteiger partial charge in [0.05, 0.1) is 0 Å². The molecule has 0 fully saturated rings. The third kappa shape index (κ3) is 6.20. The first-order valence-corrected chi connectivity index (χ1v) is 8.17. The fourth-order valence-corrected chi connectivity index (χ4v) is 2.00. The second kappa shape index (κ2) is 9.74. The Bertz CT molecular complexity index is 834. The van der Waals surface area contributed by atoms with E-state index < -0.39 is 5.91 Å². The van der Waals surface area contributed by atoms with Gasteiger partial charge in [0.2, 0.25) is 0 Å². The van der Waals surface area contributed by atoms with Crippen LogP contribution in [-0.2, 0) is 4.79 Å². The molecule has 5 nitrogen and oxygen atoms in total. The number of nitrogens with zero attached hydrogens (tertiary/aromatic N) is 1. The van der Waals surface area contributed by atoms with Crippen LogP contribution in [0, 0.1) is 0 Å². The van der Waals surface area contributed by atoms with Crippen molar-refractivity contribution in [1.29, 1.82) is 0 Å². The van der Waals surface area contributed by atoms with Crippen molar-refractivity contribution in [2.45, 2.75) is 13.8 Å². The van der Waals surface area contributed by atoms with Crippen LogP contribution in [0.4, 0.5) is 0 Å². The van der Waals surface area contributed by atoms with E-state index in [0.717, 1.165) is 5.56 Å². The molecule has 0 bridgehead atoms. The van der Waals surface area contributed by atoms with E-state index in [0.29, 0.717) is 11.3 Å². The van der Waals surface area contributed by atoms with Gasteiger partial charge in [-0.15, -0.1) is 0 Å². The predicted octanol–water partition coefficient (Wildman–Crippen LogP) is 3.53. The van der Waals surface area contributed by atoms with E-state index in [1.807, 2.05) is 42.5 Å². The molecule has 26 heavy (non-hydrogen) atoms. The molecule has 2 aromatic rings. The zero-order valence-corrected chi connectivity index (χ0v) is 14.8. The van der Waals surface area contributed by atoms with E-state index in [-0.39, 0.29) is 11.6 Å². The van der Waals surface area contributed by atoms with Gasteiger partial charge in [-0.2, -0.15) is 5.10 Å². The van der Waals surface area contributed by atoms with Crippen molar-refractivity contribution < 1.29 is 9.59 Å². The van der Waals surface area contributed by atoms with Gasteiger partial charge in [0.1, 0.15) is 5.70 Å². The highest BCUT2D eigenvalue weighted by Crippen LogP contribution is 2.04. The van der Waals surface area contributed by atoms with E-state index in [4.69, 9.17) is 0 Å². The van der Waals surface area contributed by atoms with Crippen LogP contribution >= 0.6 is 0 Å². The number of nitrogens with one attached hydrogen (secondary N) is 2. The van der Waals surface area contributed by atoms with Crippen molar-refractivity contribution in [2.75, 3.05) is 0 Å². The highest BCUT2D eigenvalue weighted by molar-refractivity contribution is 6.03.